The van der Waals surface area contributed by atoms with Gasteiger partial charge in [-0.25, -0.2) is 8.42 Å². The van der Waals surface area contributed by atoms with Crippen LogP contribution in [0.15, 0.2) is 47.4 Å². The Morgan fingerprint density at radius 3 is 2.36 bits per heavy atom. The number of hydrogen-bond donors (Lipinski definition) is 1. The SMILES string of the molecule is C#CCN(c1ccc(NS(=O)(=O)c2c(C)cc(OC)c(C)c2C)c2ccccc12)[C@@H](C)CC(=O)OC. The summed E-state index contributed by atoms with van der Waals surface area (Å²) in [5.74, 6) is 2.97. The highest BCUT2D eigenvalue weighted by molar-refractivity contribution is 7.92. The predicted octanol–water partition coefficient (Wildman–Crippen LogP) is 4.97. The first-order valence-electron chi connectivity index (χ1n) is 11.5. The van der Waals surface area contributed by atoms with Crippen molar-refractivity contribution in [1.82, 2.24) is 0 Å². The van der Waals surface area contributed by atoms with Gasteiger partial charge < -0.3 is 14.4 Å². The van der Waals surface area contributed by atoms with Crippen LogP contribution in [0.2, 0.25) is 0 Å². The number of nitrogens with one attached hydrogen (secondary N) is 1. The number of rotatable bonds is 9. The van der Waals surface area contributed by atoms with Crippen LogP contribution in [-0.4, -0.2) is 41.2 Å². The number of carbonyl (C=O) groups is 1. The third-order valence-electron chi connectivity index (χ3n) is 6.41. The van der Waals surface area contributed by atoms with E-state index in [1.54, 1.807) is 33.1 Å². The maximum absolute atomic E-state index is 13.6. The van der Waals surface area contributed by atoms with Gasteiger partial charge in [0.15, 0.2) is 0 Å². The second kappa shape index (κ2) is 10.9. The van der Waals surface area contributed by atoms with Crippen molar-refractivity contribution in [3.05, 3.63) is 59.2 Å². The first kappa shape index (κ1) is 26.9. The van der Waals surface area contributed by atoms with Gasteiger partial charge in [0.2, 0.25) is 0 Å². The number of esters is 1. The molecule has 0 aliphatic heterocycles. The van der Waals surface area contributed by atoms with Gasteiger partial charge in [-0.05, 0) is 62.6 Å². The Balaban J connectivity index is 2.10. The van der Waals surface area contributed by atoms with E-state index in [0.29, 0.717) is 28.0 Å². The fraction of sp³-hybridized carbons (Fsp3) is 0.321. The topological polar surface area (TPSA) is 84.9 Å². The van der Waals surface area contributed by atoms with Gasteiger partial charge in [-0.1, -0.05) is 30.2 Å². The number of methoxy groups -OCH3 is 2. The minimum Gasteiger partial charge on any atom is -0.496 e. The summed E-state index contributed by atoms with van der Waals surface area (Å²) < 4.78 is 40.2. The summed E-state index contributed by atoms with van der Waals surface area (Å²) in [7, 11) is -0.987. The first-order chi connectivity index (χ1) is 17.0. The summed E-state index contributed by atoms with van der Waals surface area (Å²) >= 11 is 0. The number of terminal acetylenes is 1. The van der Waals surface area contributed by atoms with Gasteiger partial charge in [-0.3, -0.25) is 9.52 Å². The number of aryl methyl sites for hydroxylation is 1. The third-order valence-corrected chi connectivity index (χ3v) is 8.06. The van der Waals surface area contributed by atoms with E-state index in [2.05, 4.69) is 10.6 Å². The summed E-state index contributed by atoms with van der Waals surface area (Å²) in [6.45, 7) is 7.55. The largest absolute Gasteiger partial charge is 0.496 e. The average molecular weight is 509 g/mol. The number of nitrogens with zero attached hydrogens (tertiary/aromatic N) is 1. The van der Waals surface area contributed by atoms with E-state index in [9.17, 15) is 13.2 Å². The average Bonchev–Trinajstić information content (AvgIpc) is 2.84. The lowest BCUT2D eigenvalue weighted by molar-refractivity contribution is -0.140. The Bertz CT molecular complexity index is 1440. The number of fused-ring (bicyclic) bond motifs is 1. The normalized spacial score (nSPS) is 12.0. The minimum atomic E-state index is -3.91. The lowest BCUT2D eigenvalue weighted by Gasteiger charge is -2.30. The number of ether oxygens (including phenoxy) is 2. The molecule has 190 valence electrons. The van der Waals surface area contributed by atoms with E-state index < -0.39 is 10.0 Å². The van der Waals surface area contributed by atoms with Crippen LogP contribution >= 0.6 is 0 Å². The van der Waals surface area contributed by atoms with Crippen LogP contribution in [0.3, 0.4) is 0 Å². The second-order valence-corrected chi connectivity index (χ2v) is 10.3. The van der Waals surface area contributed by atoms with E-state index in [0.717, 1.165) is 16.6 Å². The van der Waals surface area contributed by atoms with Crippen LogP contribution in [0.4, 0.5) is 11.4 Å². The minimum absolute atomic E-state index is 0.163. The zero-order chi connectivity index (χ0) is 26.6. The molecular weight excluding hydrogens is 476 g/mol. The molecule has 8 heteroatoms. The molecule has 0 aromatic heterocycles. The van der Waals surface area contributed by atoms with Crippen molar-refractivity contribution in [3.8, 4) is 18.1 Å². The van der Waals surface area contributed by atoms with Gasteiger partial charge in [-0.2, -0.15) is 0 Å². The molecule has 0 heterocycles. The van der Waals surface area contributed by atoms with Crippen molar-refractivity contribution < 1.29 is 22.7 Å². The van der Waals surface area contributed by atoms with Crippen molar-refractivity contribution in [3.63, 3.8) is 0 Å². The molecule has 0 saturated carbocycles. The molecule has 0 amide bonds. The highest BCUT2D eigenvalue weighted by Crippen LogP contribution is 2.36. The Hall–Kier alpha value is -3.70. The molecule has 0 unspecified atom stereocenters. The number of hydrogen-bond acceptors (Lipinski definition) is 6. The van der Waals surface area contributed by atoms with Crippen molar-refractivity contribution in [2.45, 2.75) is 45.1 Å². The van der Waals surface area contributed by atoms with E-state index in [1.807, 2.05) is 49.1 Å². The van der Waals surface area contributed by atoms with Crippen LogP contribution < -0.4 is 14.4 Å². The van der Waals surface area contributed by atoms with E-state index in [4.69, 9.17) is 15.9 Å². The monoisotopic (exact) mass is 508 g/mol. The summed E-state index contributed by atoms with van der Waals surface area (Å²) in [4.78, 5) is 14.1. The molecule has 7 nitrogen and oxygen atoms in total. The van der Waals surface area contributed by atoms with Gasteiger partial charge in [-0.15, -0.1) is 6.42 Å². The van der Waals surface area contributed by atoms with Gasteiger partial charge in [0.1, 0.15) is 5.75 Å². The first-order valence-corrected chi connectivity index (χ1v) is 13.0. The zero-order valence-electron chi connectivity index (χ0n) is 21.5. The molecule has 0 aliphatic rings. The fourth-order valence-corrected chi connectivity index (χ4v) is 6.09. The Morgan fingerprint density at radius 1 is 1.08 bits per heavy atom. The predicted molar refractivity (Wildman–Crippen MR) is 144 cm³/mol. The maximum Gasteiger partial charge on any atom is 0.307 e. The molecule has 0 saturated heterocycles. The van der Waals surface area contributed by atoms with Crippen molar-refractivity contribution in [2.24, 2.45) is 0 Å². The maximum atomic E-state index is 13.6. The second-order valence-electron chi connectivity index (χ2n) is 8.72. The van der Waals surface area contributed by atoms with Crippen LogP contribution in [0, 0.1) is 33.1 Å². The smallest absolute Gasteiger partial charge is 0.307 e. The Labute approximate surface area is 213 Å². The molecule has 0 aliphatic carbocycles. The molecule has 3 aromatic rings. The van der Waals surface area contributed by atoms with E-state index >= 15 is 0 Å². The van der Waals surface area contributed by atoms with Crippen molar-refractivity contribution >= 4 is 38.1 Å². The number of carbonyl (C=O) groups excluding carboxylic acids is 1. The lowest BCUT2D eigenvalue weighted by Crippen LogP contribution is -2.35. The van der Waals surface area contributed by atoms with Crippen LogP contribution in [0.25, 0.3) is 10.8 Å². The molecule has 1 atom stereocenters. The van der Waals surface area contributed by atoms with E-state index in [-0.39, 0.29) is 29.9 Å². The third kappa shape index (κ3) is 5.26. The van der Waals surface area contributed by atoms with Crippen molar-refractivity contribution in [1.29, 1.82) is 0 Å². The molecule has 0 fully saturated rings. The number of anilines is 2. The molecular formula is C28H32N2O5S. The van der Waals surface area contributed by atoms with Crippen molar-refractivity contribution in [2.75, 3.05) is 30.4 Å². The molecule has 0 radical (unpaired) electrons. The summed E-state index contributed by atoms with van der Waals surface area (Å²) in [5.41, 5.74) is 3.25. The van der Waals surface area contributed by atoms with Gasteiger partial charge in [0.25, 0.3) is 10.0 Å². The summed E-state index contributed by atoms with van der Waals surface area (Å²) in [6.07, 6.45) is 5.81. The summed E-state index contributed by atoms with van der Waals surface area (Å²) in [5, 5.41) is 1.52. The van der Waals surface area contributed by atoms with Gasteiger partial charge in [0.05, 0.1) is 37.8 Å². The highest BCUT2D eigenvalue weighted by atomic mass is 32.2. The Kier molecular flexibility index (Phi) is 8.16. The highest BCUT2D eigenvalue weighted by Gasteiger charge is 2.25. The summed E-state index contributed by atoms with van der Waals surface area (Å²) in [6, 6.07) is 12.5. The molecule has 3 rings (SSSR count). The van der Waals surface area contributed by atoms with Crippen LogP contribution in [-0.2, 0) is 19.6 Å². The standard InChI is InChI=1S/C28H32N2O5S/c1-8-15-30(19(3)17-27(31)35-7)25-14-13-24(22-11-9-10-12-23(22)25)29-36(32,33)28-18(2)16-26(34-6)20(4)21(28)5/h1,9-14,16,19,29H,15,17H2,2-7H3/t19-/m0/s1. The molecule has 3 aromatic carbocycles. The Morgan fingerprint density at radius 2 is 1.75 bits per heavy atom. The molecule has 0 bridgehead atoms. The molecule has 36 heavy (non-hydrogen) atoms. The number of sulfonamides is 1. The molecule has 0 spiro atoms. The van der Waals surface area contributed by atoms with E-state index in [1.165, 1.54) is 7.11 Å². The number of benzene rings is 3. The molecule has 1 N–H and O–H groups in total. The lowest BCUT2D eigenvalue weighted by atomic mass is 10.0. The zero-order valence-corrected chi connectivity index (χ0v) is 22.3. The van der Waals surface area contributed by atoms with Crippen LogP contribution in [0.5, 0.6) is 5.75 Å². The fourth-order valence-electron chi connectivity index (χ4n) is 4.48. The van der Waals surface area contributed by atoms with Crippen LogP contribution in [0.1, 0.15) is 30.0 Å². The quantitative estimate of drug-likeness (QED) is 0.325. The van der Waals surface area contributed by atoms with Gasteiger partial charge in [0, 0.05) is 22.5 Å². The van der Waals surface area contributed by atoms with Gasteiger partial charge >= 0.3 is 5.97 Å².